The smallest absolute Gasteiger partial charge is 0.236 e. The lowest BCUT2D eigenvalue weighted by Gasteiger charge is -1.99. The van der Waals surface area contributed by atoms with E-state index in [2.05, 4.69) is 10.1 Å². The van der Waals surface area contributed by atoms with Gasteiger partial charge >= 0.3 is 0 Å². The quantitative estimate of drug-likeness (QED) is 0.770. The maximum absolute atomic E-state index is 8.43. The topological polar surface area (TPSA) is 71.9 Å². The number of benzene rings is 1. The molecule has 2 aromatic rings. The van der Waals surface area contributed by atoms with E-state index in [9.17, 15) is 0 Å². The fraction of sp³-hybridized carbons (Fsp3) is 0.250. The van der Waals surface area contributed by atoms with Crippen LogP contribution < -0.4 is 4.74 Å². The summed E-state index contributed by atoms with van der Waals surface area (Å²) in [5.41, 5.74) is 0.842. The van der Waals surface area contributed by atoms with Crippen LogP contribution in [-0.2, 0) is 5.75 Å². The van der Waals surface area contributed by atoms with Crippen molar-refractivity contribution in [2.45, 2.75) is 5.75 Å². The van der Waals surface area contributed by atoms with E-state index in [0.717, 1.165) is 11.3 Å². The van der Waals surface area contributed by atoms with Crippen LogP contribution in [0.1, 0.15) is 5.89 Å². The zero-order valence-electron chi connectivity index (χ0n) is 9.79. The van der Waals surface area contributed by atoms with Crippen LogP contribution in [0, 0.1) is 11.3 Å². The van der Waals surface area contributed by atoms with Gasteiger partial charge in [0.05, 0.1) is 24.7 Å². The first kappa shape index (κ1) is 12.5. The average Bonchev–Trinajstić information content (AvgIpc) is 2.88. The third kappa shape index (κ3) is 3.02. The molecule has 0 saturated heterocycles. The van der Waals surface area contributed by atoms with E-state index in [1.54, 1.807) is 7.11 Å². The molecule has 0 unspecified atom stereocenters. The van der Waals surface area contributed by atoms with Gasteiger partial charge in [0.1, 0.15) is 5.75 Å². The number of hydrogen-bond acceptors (Lipinski definition) is 6. The van der Waals surface area contributed by atoms with Crippen LogP contribution in [0.4, 0.5) is 0 Å². The first-order valence-electron chi connectivity index (χ1n) is 5.25. The molecular weight excluding hydrogens is 250 g/mol. The predicted octanol–water partition coefficient (Wildman–Crippen LogP) is 2.50. The van der Waals surface area contributed by atoms with Crippen molar-refractivity contribution in [2.75, 3.05) is 12.9 Å². The Hall–Kier alpha value is -2.00. The minimum absolute atomic E-state index is 0.414. The summed E-state index contributed by atoms with van der Waals surface area (Å²) < 4.78 is 10.2. The largest absolute Gasteiger partial charge is 0.497 e. The summed E-state index contributed by atoms with van der Waals surface area (Å²) in [7, 11) is 1.61. The summed E-state index contributed by atoms with van der Waals surface area (Å²) >= 11 is 1.44. The molecular formula is C12H11N3O2S. The molecule has 0 amide bonds. The van der Waals surface area contributed by atoms with Crippen LogP contribution >= 0.6 is 11.8 Å². The summed E-state index contributed by atoms with van der Waals surface area (Å²) in [6.45, 7) is 0. The van der Waals surface area contributed by atoms with Crippen molar-refractivity contribution in [3.8, 4) is 23.2 Å². The van der Waals surface area contributed by atoms with E-state index in [0.29, 0.717) is 23.2 Å². The summed E-state index contributed by atoms with van der Waals surface area (Å²) in [5, 5.41) is 12.3. The van der Waals surface area contributed by atoms with Crippen LogP contribution in [0.3, 0.4) is 0 Å². The minimum atomic E-state index is 0.414. The fourth-order valence-electron chi connectivity index (χ4n) is 1.38. The zero-order valence-corrected chi connectivity index (χ0v) is 10.6. The Morgan fingerprint density at radius 2 is 2.39 bits per heavy atom. The molecule has 6 heteroatoms. The highest BCUT2D eigenvalue weighted by atomic mass is 32.2. The molecule has 5 nitrogen and oxygen atoms in total. The number of thioether (sulfide) groups is 1. The van der Waals surface area contributed by atoms with Crippen molar-refractivity contribution in [2.24, 2.45) is 0 Å². The highest BCUT2D eigenvalue weighted by Gasteiger charge is 2.09. The number of aromatic nitrogens is 2. The van der Waals surface area contributed by atoms with E-state index in [1.165, 1.54) is 11.8 Å². The van der Waals surface area contributed by atoms with Crippen LogP contribution in [-0.4, -0.2) is 23.0 Å². The summed E-state index contributed by atoms with van der Waals surface area (Å²) in [5.74, 6) is 2.76. The Bertz CT molecular complexity index is 562. The number of nitrogens with zero attached hydrogens (tertiary/aromatic N) is 3. The maximum Gasteiger partial charge on any atom is 0.236 e. The predicted molar refractivity (Wildman–Crippen MR) is 68.1 cm³/mol. The Labute approximate surface area is 109 Å². The van der Waals surface area contributed by atoms with Crippen molar-refractivity contribution in [3.05, 3.63) is 30.2 Å². The monoisotopic (exact) mass is 261 g/mol. The van der Waals surface area contributed by atoms with E-state index in [1.807, 2.05) is 30.3 Å². The molecule has 0 aliphatic carbocycles. The Balaban J connectivity index is 2.11. The Kier molecular flexibility index (Phi) is 4.20. The second kappa shape index (κ2) is 6.07. The molecule has 0 bridgehead atoms. The Morgan fingerprint density at radius 1 is 1.50 bits per heavy atom. The normalized spacial score (nSPS) is 10.0. The summed E-state index contributed by atoms with van der Waals surface area (Å²) in [4.78, 5) is 4.26. The maximum atomic E-state index is 8.43. The van der Waals surface area contributed by atoms with E-state index in [-0.39, 0.29) is 0 Å². The molecule has 0 atom stereocenters. The lowest BCUT2D eigenvalue weighted by atomic mass is 10.2. The van der Waals surface area contributed by atoms with Gasteiger partial charge in [-0.1, -0.05) is 17.3 Å². The van der Waals surface area contributed by atoms with E-state index < -0.39 is 0 Å². The molecule has 1 aromatic carbocycles. The highest BCUT2D eigenvalue weighted by molar-refractivity contribution is 7.98. The zero-order chi connectivity index (χ0) is 12.8. The summed E-state index contributed by atoms with van der Waals surface area (Å²) in [6.07, 6.45) is 0. The number of rotatable bonds is 5. The van der Waals surface area contributed by atoms with E-state index in [4.69, 9.17) is 14.5 Å². The van der Waals surface area contributed by atoms with Gasteiger partial charge < -0.3 is 9.26 Å². The molecule has 0 radical (unpaired) electrons. The lowest BCUT2D eigenvalue weighted by Crippen LogP contribution is -1.86. The number of ether oxygens (including phenoxy) is 1. The first-order valence-corrected chi connectivity index (χ1v) is 6.40. The van der Waals surface area contributed by atoms with Crippen LogP contribution in [0.25, 0.3) is 11.4 Å². The molecule has 18 heavy (non-hydrogen) atoms. The molecule has 2 rings (SSSR count). The standard InChI is InChI=1S/C12H11N3O2S/c1-16-10-4-2-3-9(7-10)12-14-11(17-15-12)8-18-6-5-13/h2-4,7H,6,8H2,1H3. The third-order valence-corrected chi connectivity index (χ3v) is 2.97. The van der Waals surface area contributed by atoms with Crippen LogP contribution in [0.2, 0.25) is 0 Å². The van der Waals surface area contributed by atoms with Crippen molar-refractivity contribution in [3.63, 3.8) is 0 Å². The van der Waals surface area contributed by atoms with Gasteiger partial charge in [0.25, 0.3) is 0 Å². The second-order valence-corrected chi connectivity index (χ2v) is 4.38. The van der Waals surface area contributed by atoms with Crippen molar-refractivity contribution in [1.29, 1.82) is 5.26 Å². The molecule has 0 spiro atoms. The summed E-state index contributed by atoms with van der Waals surface area (Å²) in [6, 6.07) is 9.50. The van der Waals surface area contributed by atoms with Gasteiger partial charge in [0, 0.05) is 5.56 Å². The van der Waals surface area contributed by atoms with Crippen LogP contribution in [0.15, 0.2) is 28.8 Å². The van der Waals surface area contributed by atoms with Gasteiger partial charge in [-0.25, -0.2) is 0 Å². The van der Waals surface area contributed by atoms with E-state index >= 15 is 0 Å². The molecule has 1 heterocycles. The lowest BCUT2D eigenvalue weighted by molar-refractivity contribution is 0.391. The first-order chi connectivity index (χ1) is 8.83. The molecule has 0 aliphatic heterocycles. The van der Waals surface area contributed by atoms with Gasteiger partial charge in [0.15, 0.2) is 0 Å². The molecule has 0 N–H and O–H groups in total. The van der Waals surface area contributed by atoms with Gasteiger partial charge in [0.2, 0.25) is 11.7 Å². The molecule has 92 valence electrons. The van der Waals surface area contributed by atoms with Gasteiger partial charge in [-0.15, -0.1) is 11.8 Å². The van der Waals surface area contributed by atoms with Gasteiger partial charge in [-0.2, -0.15) is 10.2 Å². The molecule has 1 aromatic heterocycles. The molecule has 0 fully saturated rings. The third-order valence-electron chi connectivity index (χ3n) is 2.19. The SMILES string of the molecule is COc1cccc(-c2noc(CSCC#N)n2)c1. The molecule has 0 aliphatic rings. The van der Waals surface area contributed by atoms with Crippen molar-refractivity contribution >= 4 is 11.8 Å². The van der Waals surface area contributed by atoms with Crippen LogP contribution in [0.5, 0.6) is 5.75 Å². The highest BCUT2D eigenvalue weighted by Crippen LogP contribution is 2.22. The second-order valence-electron chi connectivity index (χ2n) is 3.39. The van der Waals surface area contributed by atoms with Crippen molar-refractivity contribution < 1.29 is 9.26 Å². The number of hydrogen-bond donors (Lipinski definition) is 0. The van der Waals surface area contributed by atoms with Crippen molar-refractivity contribution in [1.82, 2.24) is 10.1 Å². The number of nitriles is 1. The van der Waals surface area contributed by atoms with Gasteiger partial charge in [-0.05, 0) is 12.1 Å². The fourth-order valence-corrected chi connectivity index (χ4v) is 1.86. The molecule has 0 saturated carbocycles. The number of methoxy groups -OCH3 is 1. The van der Waals surface area contributed by atoms with Gasteiger partial charge in [-0.3, -0.25) is 0 Å². The average molecular weight is 261 g/mol. The Morgan fingerprint density at radius 3 is 3.17 bits per heavy atom. The minimum Gasteiger partial charge on any atom is -0.497 e.